The van der Waals surface area contributed by atoms with E-state index < -0.39 is 0 Å². The van der Waals surface area contributed by atoms with Gasteiger partial charge in [0.1, 0.15) is 17.8 Å². The number of fused-ring (bicyclic) bond motifs is 1. The molecule has 4 heterocycles. The van der Waals surface area contributed by atoms with Gasteiger partial charge in [-0.05, 0) is 19.9 Å². The lowest BCUT2D eigenvalue weighted by Crippen LogP contribution is -2.36. The standard InChI is InChI=1S/C17H18N6O2/c1-3-23-14-5-7-22(17(24)13-4-6-18-10-20-13)9-12(14)15(21-23)16-19-8-11(2)25-16/h4,6,8,10H,3,5,7,9H2,1-2H3. The number of rotatable bonds is 3. The van der Waals surface area contributed by atoms with Crippen LogP contribution in [0.3, 0.4) is 0 Å². The average Bonchev–Trinajstić information content (AvgIpc) is 3.24. The van der Waals surface area contributed by atoms with Crippen LogP contribution in [0.2, 0.25) is 0 Å². The van der Waals surface area contributed by atoms with Gasteiger partial charge in [-0.2, -0.15) is 5.10 Å². The van der Waals surface area contributed by atoms with Gasteiger partial charge >= 0.3 is 0 Å². The van der Waals surface area contributed by atoms with Crippen molar-refractivity contribution in [3.05, 3.63) is 47.5 Å². The Morgan fingerprint density at radius 2 is 2.24 bits per heavy atom. The molecule has 0 N–H and O–H groups in total. The van der Waals surface area contributed by atoms with E-state index in [1.54, 1.807) is 23.4 Å². The van der Waals surface area contributed by atoms with E-state index in [-0.39, 0.29) is 5.91 Å². The number of carbonyl (C=O) groups excluding carboxylic acids is 1. The Morgan fingerprint density at radius 3 is 2.92 bits per heavy atom. The van der Waals surface area contributed by atoms with Gasteiger partial charge in [0.2, 0.25) is 5.89 Å². The quantitative estimate of drug-likeness (QED) is 0.724. The zero-order valence-electron chi connectivity index (χ0n) is 14.1. The SMILES string of the molecule is CCn1nc(-c2ncc(C)o2)c2c1CCN(C(=O)c1ccncn1)C2. The van der Waals surface area contributed by atoms with Crippen LogP contribution in [0.1, 0.15) is 34.4 Å². The van der Waals surface area contributed by atoms with E-state index in [1.165, 1.54) is 6.33 Å². The van der Waals surface area contributed by atoms with E-state index in [0.29, 0.717) is 30.4 Å². The lowest BCUT2D eigenvalue weighted by molar-refractivity contribution is 0.0727. The number of oxazole rings is 1. The molecule has 0 radical (unpaired) electrons. The lowest BCUT2D eigenvalue weighted by atomic mass is 10.0. The Kier molecular flexibility index (Phi) is 3.79. The van der Waals surface area contributed by atoms with Crippen molar-refractivity contribution in [3.8, 4) is 11.6 Å². The van der Waals surface area contributed by atoms with Gasteiger partial charge in [0.15, 0.2) is 5.69 Å². The van der Waals surface area contributed by atoms with E-state index in [9.17, 15) is 4.79 Å². The predicted octanol–water partition coefficient (Wildman–Crippen LogP) is 1.85. The maximum Gasteiger partial charge on any atom is 0.272 e. The van der Waals surface area contributed by atoms with Gasteiger partial charge in [-0.3, -0.25) is 9.48 Å². The van der Waals surface area contributed by atoms with E-state index in [1.807, 2.05) is 11.6 Å². The van der Waals surface area contributed by atoms with Gasteiger partial charge in [0.05, 0.1) is 12.7 Å². The normalized spacial score (nSPS) is 13.8. The van der Waals surface area contributed by atoms with Crippen molar-refractivity contribution in [1.82, 2.24) is 29.6 Å². The first kappa shape index (κ1) is 15.5. The Hall–Kier alpha value is -3.03. The number of amides is 1. The molecule has 1 amide bonds. The fourth-order valence-electron chi connectivity index (χ4n) is 3.14. The molecule has 25 heavy (non-hydrogen) atoms. The summed E-state index contributed by atoms with van der Waals surface area (Å²) in [4.78, 5) is 26.7. The summed E-state index contributed by atoms with van der Waals surface area (Å²) in [5.74, 6) is 1.13. The fourth-order valence-corrected chi connectivity index (χ4v) is 3.14. The molecule has 4 rings (SSSR count). The predicted molar refractivity (Wildman–Crippen MR) is 88.6 cm³/mol. The van der Waals surface area contributed by atoms with Crippen molar-refractivity contribution in [2.45, 2.75) is 33.4 Å². The molecule has 1 aliphatic rings. The third-order valence-corrected chi connectivity index (χ3v) is 4.35. The number of hydrogen-bond acceptors (Lipinski definition) is 6. The monoisotopic (exact) mass is 338 g/mol. The highest BCUT2D eigenvalue weighted by Gasteiger charge is 2.30. The number of carbonyl (C=O) groups is 1. The number of aryl methyl sites for hydroxylation is 2. The molecule has 0 saturated carbocycles. The third-order valence-electron chi connectivity index (χ3n) is 4.35. The summed E-state index contributed by atoms with van der Waals surface area (Å²) in [7, 11) is 0. The third kappa shape index (κ3) is 2.69. The van der Waals surface area contributed by atoms with Gasteiger partial charge in [-0.25, -0.2) is 15.0 Å². The minimum Gasteiger partial charge on any atom is -0.440 e. The average molecular weight is 338 g/mol. The Morgan fingerprint density at radius 1 is 1.36 bits per heavy atom. The van der Waals surface area contributed by atoms with Crippen LogP contribution in [0.15, 0.2) is 29.2 Å². The lowest BCUT2D eigenvalue weighted by Gasteiger charge is -2.27. The van der Waals surface area contributed by atoms with Crippen molar-refractivity contribution in [3.63, 3.8) is 0 Å². The van der Waals surface area contributed by atoms with Gasteiger partial charge in [0, 0.05) is 37.0 Å². The number of hydrogen-bond donors (Lipinski definition) is 0. The Balaban J connectivity index is 1.70. The molecule has 0 saturated heterocycles. The minimum atomic E-state index is -0.105. The van der Waals surface area contributed by atoms with Crippen LogP contribution in [0.4, 0.5) is 0 Å². The molecular weight excluding hydrogens is 320 g/mol. The van der Waals surface area contributed by atoms with E-state index >= 15 is 0 Å². The second-order valence-electron chi connectivity index (χ2n) is 5.94. The van der Waals surface area contributed by atoms with E-state index in [4.69, 9.17) is 4.42 Å². The van der Waals surface area contributed by atoms with E-state index in [0.717, 1.165) is 30.0 Å². The van der Waals surface area contributed by atoms with Gasteiger partial charge in [0.25, 0.3) is 5.91 Å². The summed E-state index contributed by atoms with van der Waals surface area (Å²) in [6.45, 7) is 5.77. The molecule has 0 spiro atoms. The molecule has 128 valence electrons. The van der Waals surface area contributed by atoms with Crippen molar-refractivity contribution in [2.24, 2.45) is 0 Å². The van der Waals surface area contributed by atoms with Crippen molar-refractivity contribution < 1.29 is 9.21 Å². The zero-order valence-corrected chi connectivity index (χ0v) is 14.1. The molecule has 0 atom stereocenters. The molecule has 0 bridgehead atoms. The number of nitrogens with zero attached hydrogens (tertiary/aromatic N) is 6. The molecule has 0 aliphatic carbocycles. The summed E-state index contributed by atoms with van der Waals surface area (Å²) in [6, 6.07) is 1.63. The molecule has 0 unspecified atom stereocenters. The van der Waals surface area contributed by atoms with Crippen LogP contribution in [0.5, 0.6) is 0 Å². The molecule has 8 nitrogen and oxygen atoms in total. The first-order valence-corrected chi connectivity index (χ1v) is 8.24. The van der Waals surface area contributed by atoms with Crippen LogP contribution < -0.4 is 0 Å². The number of aromatic nitrogens is 5. The molecule has 1 aliphatic heterocycles. The zero-order chi connectivity index (χ0) is 17.4. The highest BCUT2D eigenvalue weighted by molar-refractivity contribution is 5.92. The van der Waals surface area contributed by atoms with Crippen molar-refractivity contribution in [2.75, 3.05) is 6.54 Å². The second kappa shape index (κ2) is 6.12. The minimum absolute atomic E-state index is 0.105. The molecule has 3 aromatic rings. The Bertz CT molecular complexity index is 915. The maximum atomic E-state index is 12.7. The molecule has 3 aromatic heterocycles. The van der Waals surface area contributed by atoms with Crippen molar-refractivity contribution >= 4 is 5.91 Å². The van der Waals surface area contributed by atoms with Crippen LogP contribution in [0.25, 0.3) is 11.6 Å². The molecular formula is C17H18N6O2. The topological polar surface area (TPSA) is 89.9 Å². The van der Waals surface area contributed by atoms with Crippen LogP contribution in [-0.2, 0) is 19.5 Å². The van der Waals surface area contributed by atoms with Crippen LogP contribution in [0, 0.1) is 6.92 Å². The molecule has 8 heteroatoms. The summed E-state index contributed by atoms with van der Waals surface area (Å²) in [5.41, 5.74) is 3.25. The smallest absolute Gasteiger partial charge is 0.272 e. The molecule has 0 fully saturated rings. The molecule has 0 aromatic carbocycles. The first-order chi connectivity index (χ1) is 12.2. The van der Waals surface area contributed by atoms with Crippen LogP contribution in [-0.4, -0.2) is 42.1 Å². The Labute approximate surface area is 144 Å². The maximum absolute atomic E-state index is 12.7. The summed E-state index contributed by atoms with van der Waals surface area (Å²) in [5, 5.41) is 4.66. The summed E-state index contributed by atoms with van der Waals surface area (Å²) >= 11 is 0. The highest BCUT2D eigenvalue weighted by Crippen LogP contribution is 2.30. The highest BCUT2D eigenvalue weighted by atomic mass is 16.4. The first-order valence-electron chi connectivity index (χ1n) is 8.24. The second-order valence-corrected chi connectivity index (χ2v) is 5.94. The largest absolute Gasteiger partial charge is 0.440 e. The summed E-state index contributed by atoms with van der Waals surface area (Å²) < 4.78 is 7.63. The van der Waals surface area contributed by atoms with Crippen LogP contribution >= 0.6 is 0 Å². The van der Waals surface area contributed by atoms with Crippen molar-refractivity contribution in [1.29, 1.82) is 0 Å². The van der Waals surface area contributed by atoms with Gasteiger partial charge in [-0.1, -0.05) is 0 Å². The van der Waals surface area contributed by atoms with Gasteiger partial charge in [-0.15, -0.1) is 0 Å². The van der Waals surface area contributed by atoms with Gasteiger partial charge < -0.3 is 9.32 Å². The summed E-state index contributed by atoms with van der Waals surface area (Å²) in [6.07, 6.45) is 5.39. The van der Waals surface area contributed by atoms with E-state index in [2.05, 4.69) is 27.0 Å². The fraction of sp³-hybridized carbons (Fsp3) is 0.353.